The van der Waals surface area contributed by atoms with Crippen LogP contribution in [0, 0.1) is 11.7 Å². The second kappa shape index (κ2) is 6.62. The second-order valence-electron chi connectivity index (χ2n) is 4.92. The normalized spacial score (nSPS) is 15.6. The molecule has 1 aromatic rings. The van der Waals surface area contributed by atoms with Crippen molar-refractivity contribution >= 4 is 41.6 Å². The topological polar surface area (TPSA) is 60.4 Å². The summed E-state index contributed by atoms with van der Waals surface area (Å²) in [5.74, 6) is -1.07. The van der Waals surface area contributed by atoms with E-state index in [0.29, 0.717) is 5.92 Å². The molecule has 0 heterocycles. The quantitative estimate of drug-likeness (QED) is 0.557. The molecule has 8 heteroatoms. The van der Waals surface area contributed by atoms with Crippen molar-refractivity contribution in [2.75, 3.05) is 6.61 Å². The molecular formula is C13H13BrClFO4S. The molecule has 0 N–H and O–H groups in total. The van der Waals surface area contributed by atoms with Crippen molar-refractivity contribution in [2.45, 2.75) is 30.6 Å². The monoisotopic (exact) mass is 398 g/mol. The van der Waals surface area contributed by atoms with E-state index in [-0.39, 0.29) is 16.6 Å². The minimum atomic E-state index is -4.16. The molecule has 0 spiro atoms. The van der Waals surface area contributed by atoms with Crippen LogP contribution in [-0.2, 0) is 13.8 Å². The fraction of sp³-hybridized carbons (Fsp3) is 0.462. The number of carbonyl (C=O) groups excluding carboxylic acids is 1. The number of ether oxygens (including phenoxy) is 1. The molecule has 0 atom stereocenters. The average molecular weight is 400 g/mol. The average Bonchev–Trinajstić information content (AvgIpc) is 2.33. The zero-order valence-corrected chi connectivity index (χ0v) is 14.1. The highest BCUT2D eigenvalue weighted by atomic mass is 79.9. The zero-order chi connectivity index (χ0) is 15.6. The van der Waals surface area contributed by atoms with E-state index in [9.17, 15) is 17.6 Å². The molecular weight excluding hydrogens is 387 g/mol. The van der Waals surface area contributed by atoms with E-state index < -0.39 is 25.7 Å². The minimum Gasteiger partial charge on any atom is -0.462 e. The Morgan fingerprint density at radius 3 is 2.62 bits per heavy atom. The summed E-state index contributed by atoms with van der Waals surface area (Å²) < 4.78 is 41.1. The predicted octanol–water partition coefficient (Wildman–Crippen LogP) is 3.86. The van der Waals surface area contributed by atoms with Gasteiger partial charge in [-0.15, -0.1) is 0 Å². The van der Waals surface area contributed by atoms with E-state index in [2.05, 4.69) is 15.9 Å². The number of benzene rings is 1. The van der Waals surface area contributed by atoms with Crippen molar-refractivity contribution in [3.63, 3.8) is 0 Å². The highest BCUT2D eigenvalue weighted by Crippen LogP contribution is 2.31. The van der Waals surface area contributed by atoms with Crippen LogP contribution < -0.4 is 0 Å². The molecule has 1 aliphatic carbocycles. The molecule has 2 rings (SSSR count). The number of hydrogen-bond acceptors (Lipinski definition) is 4. The van der Waals surface area contributed by atoms with Crippen LogP contribution in [0.1, 0.15) is 36.0 Å². The summed E-state index contributed by atoms with van der Waals surface area (Å²) in [7, 11) is 1.05. The van der Waals surface area contributed by atoms with Crippen molar-refractivity contribution in [2.24, 2.45) is 5.92 Å². The van der Waals surface area contributed by atoms with Gasteiger partial charge < -0.3 is 4.74 Å². The Bertz CT molecular complexity index is 658. The molecule has 0 aromatic heterocycles. The molecule has 0 amide bonds. The Morgan fingerprint density at radius 1 is 1.43 bits per heavy atom. The van der Waals surface area contributed by atoms with Gasteiger partial charge in [-0.05, 0) is 40.4 Å². The standard InChI is InChI=1S/C13H13BrClFO4S/c14-12-10(6-9(16)7-11(12)21(15,18)19)13(17)20-5-4-8-2-1-3-8/h6-8H,1-5H2. The Balaban J connectivity index is 2.14. The van der Waals surface area contributed by atoms with Gasteiger partial charge in [0.2, 0.25) is 0 Å². The lowest BCUT2D eigenvalue weighted by Crippen LogP contribution is -2.16. The molecule has 1 fully saturated rings. The molecule has 0 radical (unpaired) electrons. The van der Waals surface area contributed by atoms with Crippen LogP contribution in [0.4, 0.5) is 4.39 Å². The number of carbonyl (C=O) groups is 1. The van der Waals surface area contributed by atoms with Gasteiger partial charge in [-0.25, -0.2) is 17.6 Å². The first-order valence-corrected chi connectivity index (χ1v) is 9.50. The highest BCUT2D eigenvalue weighted by molar-refractivity contribution is 9.10. The lowest BCUT2D eigenvalue weighted by molar-refractivity contribution is 0.0462. The second-order valence-corrected chi connectivity index (χ2v) is 8.25. The van der Waals surface area contributed by atoms with Gasteiger partial charge in [0.05, 0.1) is 16.6 Å². The van der Waals surface area contributed by atoms with Crippen LogP contribution in [0.2, 0.25) is 0 Å². The number of rotatable bonds is 5. The first kappa shape index (κ1) is 16.7. The summed E-state index contributed by atoms with van der Waals surface area (Å²) in [5, 5.41) is 0. The first-order chi connectivity index (χ1) is 9.79. The Morgan fingerprint density at radius 2 is 2.10 bits per heavy atom. The maximum atomic E-state index is 13.5. The predicted molar refractivity (Wildman–Crippen MR) is 79.4 cm³/mol. The summed E-state index contributed by atoms with van der Waals surface area (Å²) in [6.45, 7) is 0.232. The summed E-state index contributed by atoms with van der Waals surface area (Å²) in [5.41, 5.74) is -0.192. The van der Waals surface area contributed by atoms with E-state index in [4.69, 9.17) is 15.4 Å². The van der Waals surface area contributed by atoms with Gasteiger partial charge in [-0.2, -0.15) is 0 Å². The van der Waals surface area contributed by atoms with E-state index in [1.165, 1.54) is 6.42 Å². The fourth-order valence-electron chi connectivity index (χ4n) is 2.07. The smallest absolute Gasteiger partial charge is 0.339 e. The maximum Gasteiger partial charge on any atom is 0.339 e. The Labute approximate surface area is 135 Å². The van der Waals surface area contributed by atoms with E-state index in [1.807, 2.05) is 0 Å². The van der Waals surface area contributed by atoms with Crippen molar-refractivity contribution in [3.8, 4) is 0 Å². The van der Waals surface area contributed by atoms with Gasteiger partial charge in [0.15, 0.2) is 0 Å². The number of hydrogen-bond donors (Lipinski definition) is 0. The van der Waals surface area contributed by atoms with Crippen molar-refractivity contribution < 1.29 is 22.3 Å². The molecule has 116 valence electrons. The summed E-state index contributed by atoms with van der Waals surface area (Å²) in [6.07, 6.45) is 4.23. The Kier molecular flexibility index (Phi) is 5.27. The fourth-order valence-corrected chi connectivity index (χ4v) is 4.32. The molecule has 1 aliphatic rings. The van der Waals surface area contributed by atoms with E-state index >= 15 is 0 Å². The largest absolute Gasteiger partial charge is 0.462 e. The van der Waals surface area contributed by atoms with E-state index in [0.717, 1.165) is 31.4 Å². The number of esters is 1. The van der Waals surface area contributed by atoms with Gasteiger partial charge in [0.1, 0.15) is 10.7 Å². The van der Waals surface area contributed by atoms with Crippen LogP contribution in [0.15, 0.2) is 21.5 Å². The first-order valence-electron chi connectivity index (χ1n) is 6.40. The molecule has 0 bridgehead atoms. The third-order valence-corrected chi connectivity index (χ3v) is 5.93. The van der Waals surface area contributed by atoms with E-state index in [1.54, 1.807) is 0 Å². The lowest BCUT2D eigenvalue weighted by atomic mass is 9.83. The minimum absolute atomic E-state index is 0.0902. The summed E-state index contributed by atoms with van der Waals surface area (Å²) in [6, 6.07) is 1.67. The van der Waals surface area contributed by atoms with Crippen molar-refractivity contribution in [1.82, 2.24) is 0 Å². The van der Waals surface area contributed by atoms with Gasteiger partial charge in [-0.3, -0.25) is 0 Å². The van der Waals surface area contributed by atoms with Crippen molar-refractivity contribution in [1.29, 1.82) is 0 Å². The zero-order valence-electron chi connectivity index (χ0n) is 10.9. The summed E-state index contributed by atoms with van der Waals surface area (Å²) in [4.78, 5) is 11.4. The molecule has 1 aromatic carbocycles. The van der Waals surface area contributed by atoms with Crippen LogP contribution in [0.25, 0.3) is 0 Å². The van der Waals surface area contributed by atoms with Crippen LogP contribution in [-0.4, -0.2) is 21.0 Å². The van der Waals surface area contributed by atoms with Crippen LogP contribution >= 0.6 is 26.6 Å². The molecule has 0 aliphatic heterocycles. The van der Waals surface area contributed by atoms with Gasteiger partial charge in [0, 0.05) is 10.7 Å². The molecule has 4 nitrogen and oxygen atoms in total. The van der Waals surface area contributed by atoms with Gasteiger partial charge in [-0.1, -0.05) is 19.3 Å². The van der Waals surface area contributed by atoms with Crippen LogP contribution in [0.3, 0.4) is 0 Å². The number of halogens is 3. The molecule has 1 saturated carbocycles. The van der Waals surface area contributed by atoms with Crippen LogP contribution in [0.5, 0.6) is 0 Å². The third kappa shape index (κ3) is 4.17. The molecule has 0 unspecified atom stereocenters. The molecule has 0 saturated heterocycles. The van der Waals surface area contributed by atoms with Crippen molar-refractivity contribution in [3.05, 3.63) is 28.0 Å². The maximum absolute atomic E-state index is 13.5. The molecule has 21 heavy (non-hydrogen) atoms. The van der Waals surface area contributed by atoms with Gasteiger partial charge >= 0.3 is 5.97 Å². The highest BCUT2D eigenvalue weighted by Gasteiger charge is 2.24. The lowest BCUT2D eigenvalue weighted by Gasteiger charge is -2.24. The van der Waals surface area contributed by atoms with Gasteiger partial charge in [0.25, 0.3) is 9.05 Å². The summed E-state index contributed by atoms with van der Waals surface area (Å²) >= 11 is 2.97. The SMILES string of the molecule is O=C(OCCC1CCC1)c1cc(F)cc(S(=O)(=O)Cl)c1Br. The Hall–Kier alpha value is -0.660. The third-order valence-electron chi connectivity index (χ3n) is 3.47.